The predicted octanol–water partition coefficient (Wildman–Crippen LogP) is 2.37. The number of guanidine groups is 1. The second-order valence-corrected chi connectivity index (χ2v) is 9.43. The molecular weight excluding hydrogens is 486 g/mol. The molecule has 2 atom stereocenters. The van der Waals surface area contributed by atoms with Crippen LogP contribution in [-0.4, -0.2) is 64.7 Å². The van der Waals surface area contributed by atoms with Gasteiger partial charge in [0, 0.05) is 19.5 Å². The van der Waals surface area contributed by atoms with Gasteiger partial charge in [0.2, 0.25) is 17.8 Å². The van der Waals surface area contributed by atoms with Crippen molar-refractivity contribution in [1.29, 1.82) is 0 Å². The van der Waals surface area contributed by atoms with Crippen molar-refractivity contribution in [3.63, 3.8) is 0 Å². The normalized spacial score (nSPS) is 19.8. The molecule has 2 aliphatic heterocycles. The number of piperidine rings is 1. The Hall–Kier alpha value is -4.21. The van der Waals surface area contributed by atoms with Gasteiger partial charge in [0.05, 0.1) is 0 Å². The highest BCUT2D eigenvalue weighted by atomic mass is 16.5. The van der Waals surface area contributed by atoms with Crippen LogP contribution in [-0.2, 0) is 32.1 Å². The third kappa shape index (κ3) is 6.96. The number of aryl methyl sites for hydroxylation is 1. The lowest BCUT2D eigenvalue weighted by Crippen LogP contribution is -2.58. The highest BCUT2D eigenvalue weighted by molar-refractivity contribution is 6.03. The lowest BCUT2D eigenvalue weighted by Gasteiger charge is -2.33. The van der Waals surface area contributed by atoms with Gasteiger partial charge in [-0.25, -0.2) is 4.79 Å². The standard InChI is InChI=1S/C28H33N5O5/c29-27(31-28(37)38-19-21-11-5-2-6-12-21)33-18-7-13-22(26(33)36)30-25(35)23-14-8-17-32(23)24(34)16-15-20-9-3-1-4-10-20/h1-6,9-12,22-23H,7-8,13-19H2,(H,30,35)(H2,29,31,37)/t22-,23-/m0/s1. The zero-order valence-electron chi connectivity index (χ0n) is 21.3. The molecule has 10 nitrogen and oxygen atoms in total. The molecule has 0 aliphatic carbocycles. The summed E-state index contributed by atoms with van der Waals surface area (Å²) in [7, 11) is 0. The number of nitrogens with one attached hydrogen (secondary N) is 1. The molecule has 10 heteroatoms. The van der Waals surface area contributed by atoms with Crippen molar-refractivity contribution < 1.29 is 23.9 Å². The zero-order chi connectivity index (χ0) is 26.9. The Labute approximate surface area is 221 Å². The first-order valence-electron chi connectivity index (χ1n) is 12.9. The zero-order valence-corrected chi connectivity index (χ0v) is 21.3. The van der Waals surface area contributed by atoms with E-state index in [1.165, 1.54) is 4.90 Å². The van der Waals surface area contributed by atoms with E-state index in [-0.39, 0.29) is 30.9 Å². The molecule has 2 fully saturated rings. The highest BCUT2D eigenvalue weighted by Gasteiger charge is 2.38. The second-order valence-electron chi connectivity index (χ2n) is 9.43. The van der Waals surface area contributed by atoms with Gasteiger partial charge in [-0.05, 0) is 43.2 Å². The summed E-state index contributed by atoms with van der Waals surface area (Å²) < 4.78 is 5.11. The van der Waals surface area contributed by atoms with E-state index in [4.69, 9.17) is 10.5 Å². The Bertz CT molecular complexity index is 1170. The van der Waals surface area contributed by atoms with E-state index in [1.807, 2.05) is 60.7 Å². The molecule has 0 unspecified atom stereocenters. The van der Waals surface area contributed by atoms with Gasteiger partial charge in [-0.2, -0.15) is 0 Å². The average molecular weight is 520 g/mol. The van der Waals surface area contributed by atoms with Crippen LogP contribution in [0.15, 0.2) is 65.7 Å². The van der Waals surface area contributed by atoms with Gasteiger partial charge in [-0.15, -0.1) is 4.99 Å². The SMILES string of the molecule is N/C(=N\C(=O)OCc1ccccc1)N1CCC[C@H](NC(=O)[C@@H]2CCCN2C(=O)CCc2ccccc2)C1=O. The van der Waals surface area contributed by atoms with Crippen LogP contribution < -0.4 is 11.1 Å². The van der Waals surface area contributed by atoms with Gasteiger partial charge in [0.25, 0.3) is 5.91 Å². The highest BCUT2D eigenvalue weighted by Crippen LogP contribution is 2.21. The minimum atomic E-state index is -0.902. The average Bonchev–Trinajstić information content (AvgIpc) is 3.43. The van der Waals surface area contributed by atoms with Crippen molar-refractivity contribution >= 4 is 29.8 Å². The number of likely N-dealkylation sites (tertiary alicyclic amines) is 2. The van der Waals surface area contributed by atoms with Crippen LogP contribution in [0.3, 0.4) is 0 Å². The van der Waals surface area contributed by atoms with Crippen LogP contribution in [0.5, 0.6) is 0 Å². The molecule has 0 radical (unpaired) electrons. The van der Waals surface area contributed by atoms with Gasteiger partial charge >= 0.3 is 6.09 Å². The lowest BCUT2D eigenvalue weighted by atomic mass is 10.0. The number of amides is 4. The molecular formula is C28H33N5O5. The van der Waals surface area contributed by atoms with Crippen LogP contribution in [0, 0.1) is 0 Å². The van der Waals surface area contributed by atoms with Gasteiger partial charge in [0.15, 0.2) is 0 Å². The number of carbonyl (C=O) groups is 4. The van der Waals surface area contributed by atoms with Crippen LogP contribution >= 0.6 is 0 Å². The number of ether oxygens (including phenoxy) is 1. The number of nitrogens with two attached hydrogens (primary N) is 1. The first-order valence-corrected chi connectivity index (χ1v) is 12.9. The van der Waals surface area contributed by atoms with Gasteiger partial charge < -0.3 is 20.7 Å². The van der Waals surface area contributed by atoms with Gasteiger partial charge in [0.1, 0.15) is 18.7 Å². The number of rotatable bonds is 7. The Morgan fingerprint density at radius 3 is 2.32 bits per heavy atom. The topological polar surface area (TPSA) is 134 Å². The number of carbonyl (C=O) groups excluding carboxylic acids is 4. The maximum absolute atomic E-state index is 13.1. The van der Waals surface area contributed by atoms with E-state index in [0.29, 0.717) is 38.6 Å². The molecule has 4 amide bonds. The van der Waals surface area contributed by atoms with Crippen LogP contribution in [0.2, 0.25) is 0 Å². The van der Waals surface area contributed by atoms with Crippen molar-refractivity contribution in [3.05, 3.63) is 71.8 Å². The summed E-state index contributed by atoms with van der Waals surface area (Å²) in [4.78, 5) is 57.7. The summed E-state index contributed by atoms with van der Waals surface area (Å²) in [5, 5.41) is 2.80. The number of benzene rings is 2. The van der Waals surface area contributed by atoms with Gasteiger partial charge in [-0.3, -0.25) is 19.3 Å². The molecule has 38 heavy (non-hydrogen) atoms. The van der Waals surface area contributed by atoms with Crippen molar-refractivity contribution in [2.75, 3.05) is 13.1 Å². The molecule has 200 valence electrons. The van der Waals surface area contributed by atoms with Crippen molar-refractivity contribution in [2.24, 2.45) is 10.7 Å². The molecule has 0 saturated carbocycles. The number of nitrogens with zero attached hydrogens (tertiary/aromatic N) is 3. The first kappa shape index (κ1) is 26.8. The van der Waals surface area contributed by atoms with Crippen LogP contribution in [0.25, 0.3) is 0 Å². The molecule has 2 heterocycles. The summed E-state index contributed by atoms with van der Waals surface area (Å²) in [6.07, 6.45) is 2.29. The molecule has 2 aliphatic rings. The van der Waals surface area contributed by atoms with Crippen molar-refractivity contribution in [3.8, 4) is 0 Å². The fourth-order valence-electron chi connectivity index (χ4n) is 4.79. The largest absolute Gasteiger partial charge is 0.443 e. The number of aliphatic imine (C=N–C) groups is 1. The van der Waals surface area contributed by atoms with Crippen LogP contribution in [0.1, 0.15) is 43.2 Å². The fourth-order valence-corrected chi connectivity index (χ4v) is 4.79. The molecule has 0 spiro atoms. The molecule has 2 aromatic rings. The number of hydrogen-bond acceptors (Lipinski definition) is 5. The Kier molecular flexibility index (Phi) is 9.07. The lowest BCUT2D eigenvalue weighted by molar-refractivity contribution is -0.140. The van der Waals surface area contributed by atoms with Crippen molar-refractivity contribution in [2.45, 2.75) is 57.2 Å². The number of hydrogen-bond donors (Lipinski definition) is 2. The second kappa shape index (κ2) is 12.8. The third-order valence-electron chi connectivity index (χ3n) is 6.79. The predicted molar refractivity (Wildman–Crippen MR) is 141 cm³/mol. The smallest absolute Gasteiger partial charge is 0.437 e. The Morgan fingerprint density at radius 2 is 1.61 bits per heavy atom. The minimum Gasteiger partial charge on any atom is -0.443 e. The summed E-state index contributed by atoms with van der Waals surface area (Å²) in [6.45, 7) is 0.826. The summed E-state index contributed by atoms with van der Waals surface area (Å²) >= 11 is 0. The van der Waals surface area contributed by atoms with E-state index in [2.05, 4.69) is 10.3 Å². The Morgan fingerprint density at radius 1 is 0.947 bits per heavy atom. The quantitative estimate of drug-likeness (QED) is 0.426. The monoisotopic (exact) mass is 519 g/mol. The molecule has 4 rings (SSSR count). The van der Waals surface area contributed by atoms with E-state index in [0.717, 1.165) is 17.5 Å². The van der Waals surface area contributed by atoms with Crippen LogP contribution in [0.4, 0.5) is 4.79 Å². The van der Waals surface area contributed by atoms with E-state index in [1.54, 1.807) is 4.90 Å². The summed E-state index contributed by atoms with van der Waals surface area (Å²) in [5.41, 5.74) is 7.82. The first-order chi connectivity index (χ1) is 18.4. The fraction of sp³-hybridized carbons (Fsp3) is 0.393. The Balaban J connectivity index is 1.30. The molecule has 0 aromatic heterocycles. The van der Waals surface area contributed by atoms with Crippen molar-refractivity contribution in [1.82, 2.24) is 15.1 Å². The van der Waals surface area contributed by atoms with E-state index < -0.39 is 24.1 Å². The molecule has 2 saturated heterocycles. The molecule has 3 N–H and O–H groups in total. The summed E-state index contributed by atoms with van der Waals surface area (Å²) in [5.74, 6) is -1.14. The van der Waals surface area contributed by atoms with E-state index in [9.17, 15) is 19.2 Å². The minimum absolute atomic E-state index is 0.0328. The molecule has 0 bridgehead atoms. The third-order valence-corrected chi connectivity index (χ3v) is 6.79. The van der Waals surface area contributed by atoms with Gasteiger partial charge in [-0.1, -0.05) is 60.7 Å². The maximum atomic E-state index is 13.1. The summed E-state index contributed by atoms with van der Waals surface area (Å²) in [6, 6.07) is 17.4. The molecule has 2 aromatic carbocycles. The maximum Gasteiger partial charge on any atom is 0.437 e. The van der Waals surface area contributed by atoms with E-state index >= 15 is 0 Å².